The van der Waals surface area contributed by atoms with Gasteiger partial charge in [0, 0.05) is 17.8 Å². The molecule has 2 nitrogen and oxygen atoms in total. The monoisotopic (exact) mass is 232 g/mol. The highest BCUT2D eigenvalue weighted by molar-refractivity contribution is 5.93. The van der Waals surface area contributed by atoms with Gasteiger partial charge in [0.05, 0.1) is 11.2 Å². The Kier molecular flexibility index (Phi) is 2.84. The number of fused-ring (bicyclic) bond motifs is 1. The summed E-state index contributed by atoms with van der Waals surface area (Å²) in [5.41, 5.74) is 3.02. The van der Waals surface area contributed by atoms with Gasteiger partial charge in [-0.3, -0.25) is 9.98 Å². The van der Waals surface area contributed by atoms with E-state index in [9.17, 15) is 0 Å². The molecule has 1 aromatic heterocycles. The van der Waals surface area contributed by atoms with Crippen LogP contribution in [0.4, 0.5) is 5.69 Å². The van der Waals surface area contributed by atoms with E-state index in [2.05, 4.69) is 9.98 Å². The molecule has 2 heteroatoms. The second-order valence-corrected chi connectivity index (χ2v) is 4.02. The summed E-state index contributed by atoms with van der Waals surface area (Å²) in [6.07, 6.45) is 3.68. The van der Waals surface area contributed by atoms with Gasteiger partial charge in [0.1, 0.15) is 0 Å². The molecule has 3 rings (SSSR count). The van der Waals surface area contributed by atoms with Crippen LogP contribution < -0.4 is 0 Å². The maximum absolute atomic E-state index is 4.54. The predicted molar refractivity (Wildman–Crippen MR) is 75.4 cm³/mol. The molecular formula is C16H12N2. The zero-order valence-electron chi connectivity index (χ0n) is 9.82. The van der Waals surface area contributed by atoms with Crippen LogP contribution in [0.5, 0.6) is 0 Å². The lowest BCUT2D eigenvalue weighted by Gasteiger charge is -2.00. The largest absolute Gasteiger partial charge is 0.256 e. The third-order valence-corrected chi connectivity index (χ3v) is 2.77. The quantitative estimate of drug-likeness (QED) is 0.613. The second-order valence-electron chi connectivity index (χ2n) is 4.02. The number of benzene rings is 2. The van der Waals surface area contributed by atoms with Gasteiger partial charge in [-0.2, -0.15) is 0 Å². The zero-order chi connectivity index (χ0) is 12.2. The zero-order valence-corrected chi connectivity index (χ0v) is 9.82. The Morgan fingerprint density at radius 2 is 1.72 bits per heavy atom. The summed E-state index contributed by atoms with van der Waals surface area (Å²) in [5.74, 6) is 0. The molecule has 0 fully saturated rings. The number of pyridine rings is 1. The Morgan fingerprint density at radius 1 is 0.833 bits per heavy atom. The van der Waals surface area contributed by atoms with Gasteiger partial charge in [-0.15, -0.1) is 0 Å². The molecule has 0 spiro atoms. The van der Waals surface area contributed by atoms with E-state index >= 15 is 0 Å². The number of nitrogens with zero attached hydrogens (tertiary/aromatic N) is 2. The molecule has 0 N–H and O–H groups in total. The van der Waals surface area contributed by atoms with Crippen LogP contribution in [0, 0.1) is 0 Å². The van der Waals surface area contributed by atoms with Crippen molar-refractivity contribution in [3.05, 3.63) is 72.4 Å². The Bertz CT molecular complexity index is 682. The first-order valence-electron chi connectivity index (χ1n) is 5.86. The van der Waals surface area contributed by atoms with E-state index in [0.29, 0.717) is 0 Å². The highest BCUT2D eigenvalue weighted by atomic mass is 14.7. The fourth-order valence-corrected chi connectivity index (χ4v) is 1.88. The first-order chi connectivity index (χ1) is 8.93. The van der Waals surface area contributed by atoms with Crippen molar-refractivity contribution >= 4 is 22.8 Å². The lowest BCUT2D eigenvalue weighted by Crippen LogP contribution is -1.80. The number of hydrogen-bond donors (Lipinski definition) is 0. The van der Waals surface area contributed by atoms with Crippen molar-refractivity contribution in [1.82, 2.24) is 4.98 Å². The normalized spacial score (nSPS) is 11.1. The van der Waals surface area contributed by atoms with Crippen molar-refractivity contribution in [2.45, 2.75) is 0 Å². The minimum Gasteiger partial charge on any atom is -0.256 e. The van der Waals surface area contributed by atoms with E-state index in [4.69, 9.17) is 0 Å². The third-order valence-electron chi connectivity index (χ3n) is 2.77. The molecule has 0 unspecified atom stereocenters. The summed E-state index contributed by atoms with van der Waals surface area (Å²) in [6.45, 7) is 0. The maximum Gasteiger partial charge on any atom is 0.0723 e. The Morgan fingerprint density at radius 3 is 2.61 bits per heavy atom. The van der Waals surface area contributed by atoms with Crippen molar-refractivity contribution < 1.29 is 0 Å². The van der Waals surface area contributed by atoms with E-state index in [1.807, 2.05) is 66.9 Å². The van der Waals surface area contributed by atoms with E-state index in [-0.39, 0.29) is 0 Å². The molecule has 86 valence electrons. The van der Waals surface area contributed by atoms with E-state index in [1.54, 1.807) is 6.20 Å². The van der Waals surface area contributed by atoms with Crippen molar-refractivity contribution in [3.63, 3.8) is 0 Å². The molecule has 0 atom stereocenters. The number of aliphatic imine (C=N–C) groups is 1. The van der Waals surface area contributed by atoms with Gasteiger partial charge in [0.2, 0.25) is 0 Å². The average Bonchev–Trinajstić information content (AvgIpc) is 2.46. The first-order valence-corrected chi connectivity index (χ1v) is 5.86. The maximum atomic E-state index is 4.54. The molecule has 0 bridgehead atoms. The Balaban J connectivity index is 2.03. The lowest BCUT2D eigenvalue weighted by atomic mass is 10.2. The molecule has 0 saturated heterocycles. The van der Waals surface area contributed by atoms with Gasteiger partial charge in [-0.05, 0) is 29.8 Å². The number of rotatable bonds is 2. The summed E-state index contributed by atoms with van der Waals surface area (Å²) in [6, 6.07) is 20.0. The molecule has 0 aliphatic rings. The summed E-state index contributed by atoms with van der Waals surface area (Å²) in [5, 5.41) is 1.08. The third kappa shape index (κ3) is 2.13. The van der Waals surface area contributed by atoms with Crippen molar-refractivity contribution in [1.29, 1.82) is 0 Å². The van der Waals surface area contributed by atoms with Crippen LogP contribution in [0.15, 0.2) is 71.9 Å². The van der Waals surface area contributed by atoms with Crippen LogP contribution in [-0.2, 0) is 0 Å². The molecule has 0 amide bonds. The average molecular weight is 232 g/mol. The van der Waals surface area contributed by atoms with Gasteiger partial charge in [-0.25, -0.2) is 0 Å². The molecule has 0 aliphatic carbocycles. The molecule has 1 heterocycles. The molecule has 0 aliphatic heterocycles. The van der Waals surface area contributed by atoms with Crippen molar-refractivity contribution in [3.8, 4) is 0 Å². The summed E-state index contributed by atoms with van der Waals surface area (Å²) in [4.78, 5) is 8.86. The fraction of sp³-hybridized carbons (Fsp3) is 0. The SMILES string of the molecule is C(=Nc1cccc2ncccc12)c1ccccc1. The standard InChI is InChI=1S/C16H12N2/c1-2-6-13(7-3-1)12-18-16-10-4-9-15-14(16)8-5-11-17-15/h1-12H. The molecule has 0 radical (unpaired) electrons. The molecular weight excluding hydrogens is 220 g/mol. The predicted octanol–water partition coefficient (Wildman–Crippen LogP) is 3.99. The van der Waals surface area contributed by atoms with Gasteiger partial charge < -0.3 is 0 Å². The highest BCUT2D eigenvalue weighted by Gasteiger charge is 1.98. The second kappa shape index (κ2) is 4.80. The minimum absolute atomic E-state index is 0.949. The van der Waals surface area contributed by atoms with E-state index in [1.165, 1.54) is 0 Å². The fourth-order valence-electron chi connectivity index (χ4n) is 1.88. The van der Waals surface area contributed by atoms with Crippen LogP contribution in [0.25, 0.3) is 10.9 Å². The number of aromatic nitrogens is 1. The summed E-state index contributed by atoms with van der Waals surface area (Å²) >= 11 is 0. The molecule has 3 aromatic rings. The van der Waals surface area contributed by atoms with Gasteiger partial charge in [0.15, 0.2) is 0 Å². The van der Waals surface area contributed by atoms with Gasteiger partial charge >= 0.3 is 0 Å². The summed E-state index contributed by atoms with van der Waals surface area (Å²) < 4.78 is 0. The van der Waals surface area contributed by atoms with Crippen LogP contribution >= 0.6 is 0 Å². The van der Waals surface area contributed by atoms with Gasteiger partial charge in [0.25, 0.3) is 0 Å². The highest BCUT2D eigenvalue weighted by Crippen LogP contribution is 2.23. The summed E-state index contributed by atoms with van der Waals surface area (Å²) in [7, 11) is 0. The van der Waals surface area contributed by atoms with Gasteiger partial charge in [-0.1, -0.05) is 36.4 Å². The van der Waals surface area contributed by atoms with Crippen LogP contribution in [-0.4, -0.2) is 11.2 Å². The van der Waals surface area contributed by atoms with Crippen molar-refractivity contribution in [2.24, 2.45) is 4.99 Å². The van der Waals surface area contributed by atoms with Crippen molar-refractivity contribution in [2.75, 3.05) is 0 Å². The topological polar surface area (TPSA) is 25.2 Å². The van der Waals surface area contributed by atoms with Crippen LogP contribution in [0.1, 0.15) is 5.56 Å². The Hall–Kier alpha value is -2.48. The lowest BCUT2D eigenvalue weighted by molar-refractivity contribution is 1.41. The van der Waals surface area contributed by atoms with Crippen LogP contribution in [0.2, 0.25) is 0 Å². The van der Waals surface area contributed by atoms with Crippen LogP contribution in [0.3, 0.4) is 0 Å². The Labute approximate surface area is 106 Å². The minimum atomic E-state index is 0.949. The smallest absolute Gasteiger partial charge is 0.0723 e. The van der Waals surface area contributed by atoms with E-state index < -0.39 is 0 Å². The molecule has 2 aromatic carbocycles. The van der Waals surface area contributed by atoms with E-state index in [0.717, 1.165) is 22.2 Å². The first kappa shape index (κ1) is 10.7. The number of hydrogen-bond acceptors (Lipinski definition) is 2. The molecule has 0 saturated carbocycles. The molecule has 18 heavy (non-hydrogen) atoms.